The van der Waals surface area contributed by atoms with Crippen LogP contribution in [0.4, 0.5) is 5.69 Å². The number of amides is 2. The first-order valence-electron chi connectivity index (χ1n) is 10.6. The smallest absolute Gasteiger partial charge is 0.263 e. The molecule has 0 unspecified atom stereocenters. The number of oxazole rings is 1. The van der Waals surface area contributed by atoms with Gasteiger partial charge in [0.1, 0.15) is 11.5 Å². The fourth-order valence-electron chi connectivity index (χ4n) is 4.05. The average molecular weight is 429 g/mol. The number of benzene rings is 2. The molecule has 5 rings (SSSR count). The number of aryl methyl sites for hydroxylation is 1. The van der Waals surface area contributed by atoms with Gasteiger partial charge in [-0.1, -0.05) is 49.4 Å². The number of hydrogen-bond acceptors (Lipinski definition) is 7. The quantitative estimate of drug-likeness (QED) is 0.565. The van der Waals surface area contributed by atoms with Gasteiger partial charge >= 0.3 is 0 Å². The van der Waals surface area contributed by atoms with Crippen molar-refractivity contribution in [3.05, 3.63) is 71.6 Å². The van der Waals surface area contributed by atoms with Gasteiger partial charge in [-0.05, 0) is 42.7 Å². The van der Waals surface area contributed by atoms with Crippen molar-refractivity contribution >= 4 is 17.5 Å². The molecule has 2 aliphatic heterocycles. The number of hydrogen-bond donors (Lipinski definition) is 0. The molecule has 3 aromatic rings. The number of carbonyl (C=O) groups excluding carboxylic acids is 2. The normalized spacial score (nSPS) is 20.0. The number of anilines is 1. The molecule has 8 heteroatoms. The summed E-state index contributed by atoms with van der Waals surface area (Å²) in [6.45, 7) is 6.24. The molecule has 0 aliphatic carbocycles. The third kappa shape index (κ3) is 3.28. The third-order valence-electron chi connectivity index (χ3n) is 5.90. The Morgan fingerprint density at radius 1 is 1.00 bits per heavy atom. The summed E-state index contributed by atoms with van der Waals surface area (Å²) in [5.74, 6) is 0.827. The zero-order valence-corrected chi connectivity index (χ0v) is 18.1. The van der Waals surface area contributed by atoms with Crippen LogP contribution >= 0.6 is 0 Å². The Kier molecular flexibility index (Phi) is 4.84. The van der Waals surface area contributed by atoms with E-state index in [4.69, 9.17) is 4.42 Å². The van der Waals surface area contributed by atoms with Crippen LogP contribution in [0.25, 0.3) is 11.5 Å². The molecule has 0 bridgehead atoms. The van der Waals surface area contributed by atoms with Crippen LogP contribution < -0.4 is 4.90 Å². The van der Waals surface area contributed by atoms with E-state index in [1.165, 1.54) is 9.91 Å². The highest BCUT2D eigenvalue weighted by Gasteiger charge is 2.54. The van der Waals surface area contributed by atoms with Crippen molar-refractivity contribution < 1.29 is 14.0 Å². The van der Waals surface area contributed by atoms with E-state index in [0.29, 0.717) is 29.0 Å². The average Bonchev–Trinajstić information content (AvgIpc) is 3.45. The molecule has 32 heavy (non-hydrogen) atoms. The fourth-order valence-corrected chi connectivity index (χ4v) is 4.05. The minimum atomic E-state index is -0.840. The predicted molar refractivity (Wildman–Crippen MR) is 118 cm³/mol. The highest BCUT2D eigenvalue weighted by molar-refractivity contribution is 6.25. The van der Waals surface area contributed by atoms with Gasteiger partial charge in [0.25, 0.3) is 11.8 Å². The van der Waals surface area contributed by atoms with Gasteiger partial charge in [-0.15, -0.1) is 0 Å². The van der Waals surface area contributed by atoms with Crippen LogP contribution in [0.1, 0.15) is 36.8 Å². The summed E-state index contributed by atoms with van der Waals surface area (Å²) in [4.78, 5) is 32.0. The van der Waals surface area contributed by atoms with Gasteiger partial charge < -0.3 is 4.42 Å². The van der Waals surface area contributed by atoms with Crippen molar-refractivity contribution in [1.29, 1.82) is 0 Å². The number of nitrogens with zero attached hydrogens (tertiary/aromatic N) is 5. The topological polar surface area (TPSA) is 91.4 Å². The second-order valence-electron chi connectivity index (χ2n) is 8.34. The van der Waals surface area contributed by atoms with Crippen LogP contribution in [0.3, 0.4) is 0 Å². The number of imide groups is 1. The van der Waals surface area contributed by atoms with Gasteiger partial charge in [0.15, 0.2) is 12.1 Å². The predicted octanol–water partition coefficient (Wildman–Crippen LogP) is 4.27. The Morgan fingerprint density at radius 3 is 2.41 bits per heavy atom. The van der Waals surface area contributed by atoms with E-state index in [1.807, 2.05) is 61.5 Å². The lowest BCUT2D eigenvalue weighted by Gasteiger charge is -2.20. The van der Waals surface area contributed by atoms with Crippen molar-refractivity contribution in [2.24, 2.45) is 10.3 Å². The molecule has 0 saturated carbocycles. The summed E-state index contributed by atoms with van der Waals surface area (Å²) in [5, 5.41) is 9.75. The molecule has 2 amide bonds. The van der Waals surface area contributed by atoms with Gasteiger partial charge in [-0.2, -0.15) is 5.11 Å². The molecule has 162 valence electrons. The SMILES string of the molecule is Cc1oc(-c2ccccc2)nc1CN1N=N[C@@H]2C(=O)N(c3ccc(C(C)C)cc3)C(=O)[C@@H]21. The lowest BCUT2D eigenvalue weighted by molar-refractivity contribution is -0.123. The van der Waals surface area contributed by atoms with Crippen molar-refractivity contribution in [2.45, 2.75) is 45.3 Å². The summed E-state index contributed by atoms with van der Waals surface area (Å²) < 4.78 is 5.82. The highest BCUT2D eigenvalue weighted by atomic mass is 16.4. The van der Waals surface area contributed by atoms with Crippen molar-refractivity contribution in [2.75, 3.05) is 4.90 Å². The Balaban J connectivity index is 1.38. The summed E-state index contributed by atoms with van der Waals surface area (Å²) in [5.41, 5.74) is 3.22. The van der Waals surface area contributed by atoms with E-state index in [9.17, 15) is 9.59 Å². The van der Waals surface area contributed by atoms with E-state index in [0.717, 1.165) is 11.1 Å². The van der Waals surface area contributed by atoms with Crippen molar-refractivity contribution in [3.8, 4) is 11.5 Å². The third-order valence-corrected chi connectivity index (χ3v) is 5.90. The van der Waals surface area contributed by atoms with Gasteiger partial charge in [-0.3, -0.25) is 14.6 Å². The molecular weight excluding hydrogens is 406 g/mol. The van der Waals surface area contributed by atoms with E-state index in [1.54, 1.807) is 0 Å². The lowest BCUT2D eigenvalue weighted by atomic mass is 10.0. The van der Waals surface area contributed by atoms with Gasteiger partial charge in [0.2, 0.25) is 5.89 Å². The maximum absolute atomic E-state index is 13.2. The molecule has 3 heterocycles. The van der Waals surface area contributed by atoms with Crippen LogP contribution in [0.15, 0.2) is 69.4 Å². The molecule has 2 aliphatic rings. The van der Waals surface area contributed by atoms with E-state index >= 15 is 0 Å². The number of fused-ring (bicyclic) bond motifs is 1. The first kappa shape index (κ1) is 20.1. The van der Waals surface area contributed by atoms with E-state index in [-0.39, 0.29) is 18.4 Å². The van der Waals surface area contributed by atoms with Crippen LogP contribution in [0, 0.1) is 6.92 Å². The molecular formula is C24H23N5O3. The van der Waals surface area contributed by atoms with Gasteiger partial charge in [0.05, 0.1) is 12.2 Å². The minimum Gasteiger partial charge on any atom is -0.441 e. The number of rotatable bonds is 5. The molecule has 0 radical (unpaired) electrons. The Labute approximate surface area is 185 Å². The van der Waals surface area contributed by atoms with Gasteiger partial charge in [0, 0.05) is 5.56 Å². The second kappa shape index (κ2) is 7.71. The first-order chi connectivity index (χ1) is 15.4. The highest BCUT2D eigenvalue weighted by Crippen LogP contribution is 2.34. The largest absolute Gasteiger partial charge is 0.441 e. The van der Waals surface area contributed by atoms with Crippen LogP contribution in [-0.4, -0.2) is 33.9 Å². The van der Waals surface area contributed by atoms with E-state index in [2.05, 4.69) is 29.2 Å². The van der Waals surface area contributed by atoms with Gasteiger partial charge in [-0.25, -0.2) is 9.88 Å². The molecule has 0 spiro atoms. The summed E-state index contributed by atoms with van der Waals surface area (Å²) in [7, 11) is 0. The Morgan fingerprint density at radius 2 is 1.72 bits per heavy atom. The fraction of sp³-hybridized carbons (Fsp3) is 0.292. The molecule has 0 N–H and O–H groups in total. The lowest BCUT2D eigenvalue weighted by Crippen LogP contribution is -2.39. The molecule has 1 fully saturated rings. The zero-order chi connectivity index (χ0) is 22.4. The van der Waals surface area contributed by atoms with Crippen molar-refractivity contribution in [1.82, 2.24) is 9.99 Å². The summed E-state index contributed by atoms with van der Waals surface area (Å²) in [6, 6.07) is 15.5. The van der Waals surface area contributed by atoms with Crippen molar-refractivity contribution in [3.63, 3.8) is 0 Å². The standard InChI is InChI=1S/C24H23N5O3/c1-14(2)16-9-11-18(12-10-16)29-23(30)20-21(24(29)31)28(27-26-20)13-19-15(3)32-22(25-19)17-7-5-4-6-8-17/h4-12,14,20-21H,13H2,1-3H3/t20-,21+/m0/s1. The number of carbonyl (C=O) groups is 2. The second-order valence-corrected chi connectivity index (χ2v) is 8.34. The van der Waals surface area contributed by atoms with Crippen LogP contribution in [-0.2, 0) is 16.1 Å². The molecule has 8 nitrogen and oxygen atoms in total. The minimum absolute atomic E-state index is 0.228. The molecule has 1 aromatic heterocycles. The molecule has 2 atom stereocenters. The zero-order valence-electron chi connectivity index (χ0n) is 18.1. The monoisotopic (exact) mass is 429 g/mol. The number of aromatic nitrogens is 1. The molecule has 1 saturated heterocycles. The Hall–Kier alpha value is -3.81. The first-order valence-corrected chi connectivity index (χ1v) is 10.6. The Bertz CT molecular complexity index is 1200. The maximum atomic E-state index is 13.2. The summed E-state index contributed by atoms with van der Waals surface area (Å²) >= 11 is 0. The van der Waals surface area contributed by atoms with E-state index < -0.39 is 12.1 Å². The van der Waals surface area contributed by atoms with Crippen LogP contribution in [0.2, 0.25) is 0 Å². The molecule has 2 aromatic carbocycles. The van der Waals surface area contributed by atoms with Crippen LogP contribution in [0.5, 0.6) is 0 Å². The summed E-state index contributed by atoms with van der Waals surface area (Å²) in [6.07, 6.45) is 0. The maximum Gasteiger partial charge on any atom is 0.263 e.